The average molecular weight is 702 g/mol. The van der Waals surface area contributed by atoms with E-state index in [2.05, 4.69) is 25.7 Å². The van der Waals surface area contributed by atoms with E-state index in [9.17, 15) is 36.7 Å². The molecule has 0 radical (unpaired) electrons. The molecule has 6 rings (SSSR count). The monoisotopic (exact) mass is 701 g/mol. The molecule has 0 atom stereocenters. The van der Waals surface area contributed by atoms with Crippen molar-refractivity contribution in [3.05, 3.63) is 69.5 Å². The Hall–Kier alpha value is -5.59. The van der Waals surface area contributed by atoms with Gasteiger partial charge in [0.25, 0.3) is 5.56 Å². The smallest absolute Gasteiger partial charge is 0.416 e. The van der Waals surface area contributed by atoms with Gasteiger partial charge < -0.3 is 28.8 Å². The lowest BCUT2D eigenvalue weighted by atomic mass is 10.1. The largest absolute Gasteiger partial charge is 0.432 e. The quantitative estimate of drug-likeness (QED) is 0.216. The van der Waals surface area contributed by atoms with Crippen molar-refractivity contribution in [3.63, 3.8) is 0 Å². The lowest BCUT2D eigenvalue weighted by Crippen LogP contribution is -2.53. The summed E-state index contributed by atoms with van der Waals surface area (Å²) in [7, 11) is 0. The van der Waals surface area contributed by atoms with Crippen molar-refractivity contribution in [2.45, 2.75) is 39.4 Å². The lowest BCUT2D eigenvalue weighted by Gasteiger charge is -2.36. The first kappa shape index (κ1) is 34.3. The minimum Gasteiger partial charge on any atom is -0.432 e. The number of oxazole rings is 1. The number of benzene rings is 1. The Morgan fingerprint density at radius 1 is 1.06 bits per heavy atom. The number of hydrogen-bond donors (Lipinski definition) is 2. The summed E-state index contributed by atoms with van der Waals surface area (Å²) in [5, 5.41) is 9.10. The number of rotatable bonds is 7. The first-order valence-electron chi connectivity index (χ1n) is 15.6. The second-order valence-electron chi connectivity index (χ2n) is 11.5. The van der Waals surface area contributed by atoms with Crippen LogP contribution in [0, 0.1) is 12.7 Å². The van der Waals surface area contributed by atoms with Gasteiger partial charge in [-0.25, -0.2) is 4.39 Å². The molecule has 3 aromatic heterocycles. The van der Waals surface area contributed by atoms with Gasteiger partial charge in [0.15, 0.2) is 5.82 Å². The minimum atomic E-state index is -4.77. The normalized spacial score (nSPS) is 15.3. The Bertz CT molecular complexity index is 2060. The first-order valence-corrected chi connectivity index (χ1v) is 15.6. The summed E-state index contributed by atoms with van der Waals surface area (Å²) < 4.78 is 66.8. The third-order valence-corrected chi connectivity index (χ3v) is 8.20. The molecule has 5 heterocycles. The molecule has 0 spiro atoms. The van der Waals surface area contributed by atoms with Gasteiger partial charge in [0.1, 0.15) is 24.3 Å². The second-order valence-corrected chi connectivity index (χ2v) is 11.5. The highest BCUT2D eigenvalue weighted by Gasteiger charge is 2.33. The molecule has 3 amide bonds. The fourth-order valence-electron chi connectivity index (χ4n) is 5.76. The van der Waals surface area contributed by atoms with Crippen LogP contribution in [0.15, 0.2) is 39.7 Å². The summed E-state index contributed by atoms with van der Waals surface area (Å²) in [6.07, 6.45) is -0.970. The Kier molecular flexibility index (Phi) is 9.41. The molecule has 19 heteroatoms. The van der Waals surface area contributed by atoms with Crippen LogP contribution in [-0.2, 0) is 38.3 Å². The molecule has 0 bridgehead atoms. The zero-order valence-corrected chi connectivity index (χ0v) is 26.8. The molecule has 1 aromatic carbocycles. The molecule has 0 aliphatic carbocycles. The summed E-state index contributed by atoms with van der Waals surface area (Å²) in [4.78, 5) is 64.4. The van der Waals surface area contributed by atoms with Gasteiger partial charge in [0.2, 0.25) is 11.7 Å². The molecule has 4 aromatic rings. The molecule has 2 aliphatic rings. The maximum Gasteiger partial charge on any atom is 0.416 e. The Morgan fingerprint density at radius 2 is 1.82 bits per heavy atom. The number of anilines is 3. The number of nitrogens with zero attached hydrogens (tertiary/aromatic N) is 7. The molecule has 264 valence electrons. The van der Waals surface area contributed by atoms with Crippen LogP contribution in [0.3, 0.4) is 0 Å². The SMILES string of the molecule is CCc1c(N2CCN(C(=O)C(=O)Nc3nc(C)co3)CC2)c(=O)n2nc(C3=CCOCC3)nc2n1CC(=O)Nc1ccc(C(F)(F)F)cc1F. The van der Waals surface area contributed by atoms with E-state index in [1.807, 2.05) is 0 Å². The molecule has 0 unspecified atom stereocenters. The van der Waals surface area contributed by atoms with Crippen LogP contribution in [0.4, 0.5) is 35.0 Å². The van der Waals surface area contributed by atoms with E-state index in [4.69, 9.17) is 9.15 Å². The summed E-state index contributed by atoms with van der Waals surface area (Å²) in [5.41, 5.74) is -0.407. The highest BCUT2D eigenvalue weighted by molar-refractivity contribution is 6.39. The van der Waals surface area contributed by atoms with Crippen LogP contribution in [0.1, 0.15) is 36.1 Å². The number of ether oxygens (including phenoxy) is 1. The van der Waals surface area contributed by atoms with E-state index < -0.39 is 53.1 Å². The van der Waals surface area contributed by atoms with Gasteiger partial charge in [0, 0.05) is 26.2 Å². The number of carbonyl (C=O) groups is 3. The molecule has 2 aliphatic heterocycles. The fourth-order valence-corrected chi connectivity index (χ4v) is 5.76. The Balaban J connectivity index is 1.30. The third-order valence-electron chi connectivity index (χ3n) is 8.20. The fraction of sp³-hybridized carbons (Fsp3) is 0.387. The number of piperazine rings is 1. The van der Waals surface area contributed by atoms with Crippen LogP contribution in [-0.4, -0.2) is 86.2 Å². The van der Waals surface area contributed by atoms with Crippen molar-refractivity contribution in [1.29, 1.82) is 0 Å². The number of nitrogens with one attached hydrogen (secondary N) is 2. The number of amides is 3. The number of fused-ring (bicyclic) bond motifs is 1. The van der Waals surface area contributed by atoms with Gasteiger partial charge >= 0.3 is 24.0 Å². The molecule has 1 fully saturated rings. The van der Waals surface area contributed by atoms with Crippen molar-refractivity contribution >= 4 is 46.5 Å². The van der Waals surface area contributed by atoms with Crippen LogP contribution < -0.4 is 21.1 Å². The number of halogens is 4. The van der Waals surface area contributed by atoms with Crippen LogP contribution >= 0.6 is 0 Å². The van der Waals surface area contributed by atoms with Crippen molar-refractivity contribution in [3.8, 4) is 0 Å². The standard InChI is InChI=1S/C31H31F4N9O6/c1-3-22-24(41-8-10-42(11-9-41)28(48)26(46)39-29-36-17(2)16-50-29)27(47)44-30(38-25(40-44)18-6-12-49-13-7-18)43(22)15-23(45)37-21-5-4-19(14-20(21)32)31(33,34)35/h4-6,14,16H,3,7-13,15H2,1-2H3,(H,37,45)(H,36,39,46). The van der Waals surface area contributed by atoms with E-state index in [0.29, 0.717) is 37.1 Å². The number of alkyl halides is 3. The summed E-state index contributed by atoms with van der Waals surface area (Å²) in [6, 6.07) is 1.65. The van der Waals surface area contributed by atoms with Gasteiger partial charge in [-0.3, -0.25) is 24.5 Å². The highest BCUT2D eigenvalue weighted by Crippen LogP contribution is 2.31. The number of carbonyl (C=O) groups excluding carboxylic acids is 3. The molecule has 1 saturated heterocycles. The maximum atomic E-state index is 14.6. The van der Waals surface area contributed by atoms with E-state index in [-0.39, 0.29) is 62.0 Å². The second kappa shape index (κ2) is 13.7. The van der Waals surface area contributed by atoms with E-state index >= 15 is 0 Å². The predicted octanol–water partition coefficient (Wildman–Crippen LogP) is 2.64. The van der Waals surface area contributed by atoms with Crippen molar-refractivity contribution in [2.75, 3.05) is 54.9 Å². The molecular formula is C31H31F4N9O6. The van der Waals surface area contributed by atoms with Gasteiger partial charge in [-0.15, -0.1) is 5.10 Å². The Labute approximate surface area is 280 Å². The predicted molar refractivity (Wildman–Crippen MR) is 169 cm³/mol. The number of hydrogen-bond acceptors (Lipinski definition) is 10. The van der Waals surface area contributed by atoms with Crippen molar-refractivity contribution < 1.29 is 41.1 Å². The van der Waals surface area contributed by atoms with Gasteiger partial charge in [-0.2, -0.15) is 27.7 Å². The zero-order valence-electron chi connectivity index (χ0n) is 26.8. The summed E-state index contributed by atoms with van der Waals surface area (Å²) in [6.45, 7) is 4.06. The summed E-state index contributed by atoms with van der Waals surface area (Å²) in [5.74, 6) is -3.56. The summed E-state index contributed by atoms with van der Waals surface area (Å²) >= 11 is 0. The van der Waals surface area contributed by atoms with E-state index in [1.165, 1.54) is 15.7 Å². The molecular weight excluding hydrogens is 670 g/mol. The lowest BCUT2D eigenvalue weighted by molar-refractivity contribution is -0.143. The number of aryl methyl sites for hydroxylation is 1. The van der Waals surface area contributed by atoms with Crippen molar-refractivity contribution in [2.24, 2.45) is 0 Å². The Morgan fingerprint density at radius 3 is 2.44 bits per heavy atom. The zero-order chi connectivity index (χ0) is 35.7. The van der Waals surface area contributed by atoms with Gasteiger partial charge in [-0.05, 0) is 43.5 Å². The highest BCUT2D eigenvalue weighted by atomic mass is 19.4. The molecule has 2 N–H and O–H groups in total. The molecule has 50 heavy (non-hydrogen) atoms. The maximum absolute atomic E-state index is 14.6. The van der Waals surface area contributed by atoms with Gasteiger partial charge in [0.05, 0.1) is 35.9 Å². The van der Waals surface area contributed by atoms with E-state index in [1.54, 1.807) is 24.8 Å². The number of aromatic nitrogens is 5. The van der Waals surface area contributed by atoms with Gasteiger partial charge in [-0.1, -0.05) is 13.0 Å². The first-order chi connectivity index (χ1) is 23.8. The topological polar surface area (TPSA) is 169 Å². The van der Waals surface area contributed by atoms with Crippen molar-refractivity contribution in [1.82, 2.24) is 29.0 Å². The van der Waals surface area contributed by atoms with Crippen LogP contribution in [0.2, 0.25) is 0 Å². The minimum absolute atomic E-state index is 0.0216. The average Bonchev–Trinajstić information content (AvgIpc) is 3.73. The van der Waals surface area contributed by atoms with Crippen LogP contribution in [0.5, 0.6) is 0 Å². The molecule has 15 nitrogen and oxygen atoms in total. The molecule has 0 saturated carbocycles. The third kappa shape index (κ3) is 6.93. The van der Waals surface area contributed by atoms with Crippen LogP contribution in [0.25, 0.3) is 11.4 Å². The van der Waals surface area contributed by atoms with E-state index in [0.717, 1.165) is 16.2 Å².